The molecule has 194 valence electrons. The van der Waals surface area contributed by atoms with Crippen LogP contribution in [0, 0.1) is 5.41 Å². The predicted octanol–water partition coefficient (Wildman–Crippen LogP) is 5.59. The minimum absolute atomic E-state index is 0.0824. The maximum Gasteiger partial charge on any atom is 0.225 e. The van der Waals surface area contributed by atoms with Gasteiger partial charge in [-0.1, -0.05) is 45.0 Å². The molecule has 37 heavy (non-hydrogen) atoms. The molecule has 3 aromatic rings. The first-order chi connectivity index (χ1) is 17.8. The molecule has 0 saturated heterocycles. The molecule has 4 rings (SSSR count). The molecule has 0 N–H and O–H groups in total. The van der Waals surface area contributed by atoms with Crippen LogP contribution < -0.4 is 9.47 Å². The number of aliphatic imine (C=N–C) groups is 2. The first-order valence-corrected chi connectivity index (χ1v) is 12.5. The van der Waals surface area contributed by atoms with Crippen molar-refractivity contribution in [3.63, 3.8) is 0 Å². The summed E-state index contributed by atoms with van der Waals surface area (Å²) in [5.41, 5.74) is 2.69. The standard InChI is InChI=1S/C29H35N5O3/c1-7-29(3,4)25-26-28(33(19-32-26)16-21-8-12-23(36-5)13-9-21)31-18-30-27(25)34(20(2)35)17-22-10-14-24(37-6)15-11-22/h8-15,18-19,25H,7,16-17H2,1-6H3. The molecule has 8 nitrogen and oxygen atoms in total. The van der Waals surface area contributed by atoms with Gasteiger partial charge in [0.25, 0.3) is 0 Å². The topological polar surface area (TPSA) is 81.3 Å². The van der Waals surface area contributed by atoms with Gasteiger partial charge in [-0.2, -0.15) is 0 Å². The van der Waals surface area contributed by atoms with E-state index in [0.29, 0.717) is 18.9 Å². The zero-order chi connectivity index (χ0) is 26.6. The Hall–Kier alpha value is -3.94. The van der Waals surface area contributed by atoms with Crippen LogP contribution in [-0.4, -0.2) is 46.8 Å². The zero-order valence-corrected chi connectivity index (χ0v) is 22.4. The van der Waals surface area contributed by atoms with Crippen LogP contribution in [0.4, 0.5) is 5.82 Å². The number of amides is 1. The lowest BCUT2D eigenvalue weighted by atomic mass is 9.73. The van der Waals surface area contributed by atoms with Gasteiger partial charge in [0.15, 0.2) is 5.82 Å². The van der Waals surface area contributed by atoms with Gasteiger partial charge >= 0.3 is 0 Å². The number of aromatic nitrogens is 2. The highest BCUT2D eigenvalue weighted by molar-refractivity contribution is 6.05. The van der Waals surface area contributed by atoms with Crippen LogP contribution in [-0.2, 0) is 17.9 Å². The second-order valence-electron chi connectivity index (χ2n) is 9.89. The summed E-state index contributed by atoms with van der Waals surface area (Å²) in [6, 6.07) is 15.7. The number of fused-ring (bicyclic) bond motifs is 1. The fourth-order valence-electron chi connectivity index (χ4n) is 4.53. The van der Waals surface area contributed by atoms with Crippen molar-refractivity contribution in [3.8, 4) is 11.5 Å². The number of ether oxygens (including phenoxy) is 2. The van der Waals surface area contributed by atoms with Crippen LogP contribution in [0.5, 0.6) is 11.5 Å². The van der Waals surface area contributed by atoms with Crippen LogP contribution in [0.2, 0.25) is 0 Å². The molecular formula is C29H35N5O3. The fraction of sp³-hybridized carbons (Fsp3) is 0.379. The molecule has 1 unspecified atom stereocenters. The van der Waals surface area contributed by atoms with Gasteiger partial charge in [0.1, 0.15) is 23.7 Å². The van der Waals surface area contributed by atoms with Gasteiger partial charge in [-0.25, -0.2) is 15.0 Å². The normalized spacial score (nSPS) is 15.0. The summed E-state index contributed by atoms with van der Waals surface area (Å²) in [6.45, 7) is 9.12. The Kier molecular flexibility index (Phi) is 7.76. The van der Waals surface area contributed by atoms with Crippen molar-refractivity contribution in [2.45, 2.75) is 53.1 Å². The van der Waals surface area contributed by atoms with E-state index < -0.39 is 0 Å². The van der Waals surface area contributed by atoms with Gasteiger partial charge in [0.2, 0.25) is 5.91 Å². The van der Waals surface area contributed by atoms with Gasteiger partial charge in [-0.15, -0.1) is 0 Å². The Bertz CT molecular complexity index is 1290. The molecule has 2 aromatic carbocycles. The SMILES string of the molecule is CCC(C)(C)C1C(N(Cc2ccc(OC)cc2)C(C)=O)=NC=Nc2c1ncn2Cc1ccc(OC)cc1. The molecule has 1 atom stereocenters. The van der Waals surface area contributed by atoms with Crippen LogP contribution in [0.25, 0.3) is 0 Å². The molecule has 1 aromatic heterocycles. The number of hydrogen-bond donors (Lipinski definition) is 0. The number of hydrogen-bond acceptors (Lipinski definition) is 6. The lowest BCUT2D eigenvalue weighted by Gasteiger charge is -2.37. The van der Waals surface area contributed by atoms with E-state index in [1.165, 1.54) is 0 Å². The second-order valence-corrected chi connectivity index (χ2v) is 9.89. The monoisotopic (exact) mass is 501 g/mol. The molecule has 0 saturated carbocycles. The molecule has 1 aliphatic heterocycles. The summed E-state index contributed by atoms with van der Waals surface area (Å²) in [4.78, 5) is 29.1. The van der Waals surface area contributed by atoms with Crippen LogP contribution in [0.3, 0.4) is 0 Å². The number of carbonyl (C=O) groups is 1. The van der Waals surface area contributed by atoms with E-state index in [1.54, 1.807) is 32.4 Å². The summed E-state index contributed by atoms with van der Waals surface area (Å²) < 4.78 is 12.6. The summed E-state index contributed by atoms with van der Waals surface area (Å²) >= 11 is 0. The Morgan fingerprint density at radius 3 is 2.14 bits per heavy atom. The number of amidine groups is 1. The lowest BCUT2D eigenvalue weighted by molar-refractivity contribution is -0.125. The number of methoxy groups -OCH3 is 2. The predicted molar refractivity (Wildman–Crippen MR) is 146 cm³/mol. The number of nitrogens with zero attached hydrogens (tertiary/aromatic N) is 5. The van der Waals surface area contributed by atoms with Crippen LogP contribution in [0.15, 0.2) is 64.8 Å². The van der Waals surface area contributed by atoms with Gasteiger partial charge in [-0.05, 0) is 47.2 Å². The molecule has 2 heterocycles. The third-order valence-corrected chi connectivity index (χ3v) is 7.10. The zero-order valence-electron chi connectivity index (χ0n) is 22.4. The molecule has 1 amide bonds. The molecule has 1 aliphatic rings. The van der Waals surface area contributed by atoms with Gasteiger partial charge in [0.05, 0.1) is 45.2 Å². The van der Waals surface area contributed by atoms with Crippen molar-refractivity contribution in [1.82, 2.24) is 14.5 Å². The molecule has 0 fully saturated rings. The third kappa shape index (κ3) is 5.58. The van der Waals surface area contributed by atoms with E-state index >= 15 is 0 Å². The quantitative estimate of drug-likeness (QED) is 0.403. The van der Waals surface area contributed by atoms with E-state index in [0.717, 1.165) is 40.6 Å². The minimum atomic E-state index is -0.228. The Morgan fingerprint density at radius 1 is 1.00 bits per heavy atom. The average Bonchev–Trinajstić information content (AvgIpc) is 3.17. The Balaban J connectivity index is 1.72. The van der Waals surface area contributed by atoms with Crippen molar-refractivity contribution in [2.24, 2.45) is 15.4 Å². The summed E-state index contributed by atoms with van der Waals surface area (Å²) in [7, 11) is 3.30. The van der Waals surface area contributed by atoms with Gasteiger partial charge < -0.3 is 14.0 Å². The van der Waals surface area contributed by atoms with Crippen molar-refractivity contribution in [1.29, 1.82) is 0 Å². The summed E-state index contributed by atoms with van der Waals surface area (Å²) in [5, 5.41) is 0. The van der Waals surface area contributed by atoms with Crippen molar-refractivity contribution < 1.29 is 14.3 Å². The smallest absolute Gasteiger partial charge is 0.225 e. The minimum Gasteiger partial charge on any atom is -0.497 e. The average molecular weight is 502 g/mol. The van der Waals surface area contributed by atoms with E-state index in [1.807, 2.05) is 59.4 Å². The molecule has 0 spiro atoms. The maximum atomic E-state index is 13.0. The molecule has 0 bridgehead atoms. The Labute approximate surface area is 218 Å². The van der Waals surface area contributed by atoms with E-state index in [4.69, 9.17) is 24.4 Å². The van der Waals surface area contributed by atoms with E-state index in [2.05, 4.69) is 20.8 Å². The maximum absolute atomic E-state index is 13.0. The number of carbonyl (C=O) groups excluding carboxylic acids is 1. The van der Waals surface area contributed by atoms with E-state index in [-0.39, 0.29) is 17.2 Å². The first kappa shape index (κ1) is 26.1. The lowest BCUT2D eigenvalue weighted by Crippen LogP contribution is -2.43. The van der Waals surface area contributed by atoms with Crippen LogP contribution >= 0.6 is 0 Å². The van der Waals surface area contributed by atoms with Gasteiger partial charge in [0, 0.05) is 6.92 Å². The van der Waals surface area contributed by atoms with E-state index in [9.17, 15) is 4.79 Å². The number of rotatable bonds is 8. The highest BCUT2D eigenvalue weighted by atomic mass is 16.5. The third-order valence-electron chi connectivity index (χ3n) is 7.10. The molecule has 0 radical (unpaired) electrons. The van der Waals surface area contributed by atoms with Crippen molar-refractivity contribution in [3.05, 3.63) is 71.7 Å². The Morgan fingerprint density at radius 2 is 1.59 bits per heavy atom. The highest BCUT2D eigenvalue weighted by Crippen LogP contribution is 2.44. The molecule has 8 heteroatoms. The number of imidazole rings is 1. The molecular weight excluding hydrogens is 466 g/mol. The second kappa shape index (κ2) is 11.0. The van der Waals surface area contributed by atoms with Crippen molar-refractivity contribution in [2.75, 3.05) is 14.2 Å². The fourth-order valence-corrected chi connectivity index (χ4v) is 4.53. The van der Waals surface area contributed by atoms with Crippen molar-refractivity contribution >= 4 is 23.9 Å². The van der Waals surface area contributed by atoms with Crippen LogP contribution in [0.1, 0.15) is 56.9 Å². The summed E-state index contributed by atoms with van der Waals surface area (Å²) in [5.74, 6) is 2.70. The largest absolute Gasteiger partial charge is 0.497 e. The molecule has 0 aliphatic carbocycles. The number of benzene rings is 2. The highest BCUT2D eigenvalue weighted by Gasteiger charge is 2.41. The van der Waals surface area contributed by atoms with Gasteiger partial charge in [-0.3, -0.25) is 9.69 Å². The summed E-state index contributed by atoms with van der Waals surface area (Å²) in [6.07, 6.45) is 4.25. The first-order valence-electron chi connectivity index (χ1n) is 12.5.